The number of hydrogen-bond donors (Lipinski definition) is 1. The Balaban J connectivity index is 2.06. The molecule has 6 nitrogen and oxygen atoms in total. The molecule has 0 aliphatic rings. The molecule has 0 aromatic carbocycles. The molecular formula is C10H11N3O3S. The second-order valence-corrected chi connectivity index (χ2v) is 4.13. The minimum absolute atomic E-state index is 0.152. The van der Waals surface area contributed by atoms with Gasteiger partial charge < -0.3 is 15.2 Å². The van der Waals surface area contributed by atoms with E-state index in [9.17, 15) is 4.79 Å². The van der Waals surface area contributed by atoms with E-state index in [-0.39, 0.29) is 6.61 Å². The molecule has 0 bridgehead atoms. The Bertz CT molecular complexity index is 541. The molecule has 90 valence electrons. The number of pyridine rings is 1. The van der Waals surface area contributed by atoms with Crippen LogP contribution in [0.15, 0.2) is 12.1 Å². The fraction of sp³-hybridized carbons (Fsp3) is 0.300. The molecule has 0 spiro atoms. The van der Waals surface area contributed by atoms with Gasteiger partial charge in [-0.15, -0.1) is 0 Å². The Hall–Kier alpha value is -1.89. The third kappa shape index (κ3) is 2.82. The Morgan fingerprint density at radius 2 is 2.29 bits per heavy atom. The summed E-state index contributed by atoms with van der Waals surface area (Å²) in [6, 6.07) is 3.39. The first-order valence-electron chi connectivity index (χ1n) is 5.00. The molecule has 17 heavy (non-hydrogen) atoms. The first-order valence-corrected chi connectivity index (χ1v) is 5.82. The van der Waals surface area contributed by atoms with Crippen LogP contribution in [0.4, 0.5) is 5.13 Å². The van der Waals surface area contributed by atoms with Crippen LogP contribution in [0.2, 0.25) is 0 Å². The minimum atomic E-state index is -0.418. The molecule has 2 rings (SSSR count). The Labute approximate surface area is 101 Å². The maximum absolute atomic E-state index is 11.1. The molecule has 2 N–H and O–H groups in total. The second-order valence-electron chi connectivity index (χ2n) is 3.12. The third-order valence-corrected chi connectivity index (χ3v) is 2.68. The molecular weight excluding hydrogens is 242 g/mol. The largest absolute Gasteiger partial charge is 0.466 e. The fourth-order valence-corrected chi connectivity index (χ4v) is 1.93. The number of nitrogen functional groups attached to an aromatic ring is 1. The summed E-state index contributed by atoms with van der Waals surface area (Å²) in [5, 5.41) is 0.454. The van der Waals surface area contributed by atoms with Crippen molar-refractivity contribution >= 4 is 32.8 Å². The van der Waals surface area contributed by atoms with Gasteiger partial charge in [0.2, 0.25) is 5.88 Å². The van der Waals surface area contributed by atoms with Crippen LogP contribution in [0.3, 0.4) is 0 Å². The third-order valence-electron chi connectivity index (χ3n) is 1.89. The van der Waals surface area contributed by atoms with Gasteiger partial charge in [-0.25, -0.2) is 14.8 Å². The van der Waals surface area contributed by atoms with Gasteiger partial charge in [0.15, 0.2) is 11.7 Å². The average molecular weight is 253 g/mol. The van der Waals surface area contributed by atoms with Crippen LogP contribution in [0.5, 0.6) is 5.88 Å². The van der Waals surface area contributed by atoms with E-state index in [1.54, 1.807) is 19.1 Å². The molecule has 0 unspecified atom stereocenters. The van der Waals surface area contributed by atoms with Gasteiger partial charge in [0, 0.05) is 6.07 Å². The summed E-state index contributed by atoms with van der Waals surface area (Å²) in [5.41, 5.74) is 6.27. The van der Waals surface area contributed by atoms with Gasteiger partial charge in [0.25, 0.3) is 0 Å². The standard InChI is InChI=1S/C10H11N3O3S/c1-2-15-8(14)5-16-7-4-3-6-9(13-7)17-10(11)12-6/h3-4H,2,5H2,1H3,(H2,11,12). The van der Waals surface area contributed by atoms with E-state index in [0.29, 0.717) is 22.4 Å². The van der Waals surface area contributed by atoms with Crippen molar-refractivity contribution in [3.63, 3.8) is 0 Å². The second kappa shape index (κ2) is 4.96. The average Bonchev–Trinajstić information content (AvgIpc) is 2.66. The van der Waals surface area contributed by atoms with Crippen molar-refractivity contribution in [2.24, 2.45) is 0 Å². The number of fused-ring (bicyclic) bond motifs is 1. The van der Waals surface area contributed by atoms with E-state index in [1.165, 1.54) is 11.3 Å². The van der Waals surface area contributed by atoms with Crippen LogP contribution >= 0.6 is 11.3 Å². The predicted molar refractivity (Wildman–Crippen MR) is 64.0 cm³/mol. The van der Waals surface area contributed by atoms with Crippen LogP contribution in [-0.4, -0.2) is 29.2 Å². The van der Waals surface area contributed by atoms with E-state index >= 15 is 0 Å². The molecule has 0 saturated heterocycles. The van der Waals surface area contributed by atoms with Gasteiger partial charge in [0.05, 0.1) is 6.61 Å². The maximum atomic E-state index is 11.1. The molecule has 0 aliphatic heterocycles. The number of nitrogens with two attached hydrogens (primary N) is 1. The monoisotopic (exact) mass is 253 g/mol. The van der Waals surface area contributed by atoms with Crippen molar-refractivity contribution in [1.82, 2.24) is 9.97 Å². The quantitative estimate of drug-likeness (QED) is 0.824. The van der Waals surface area contributed by atoms with Crippen LogP contribution < -0.4 is 10.5 Å². The Morgan fingerprint density at radius 1 is 1.47 bits per heavy atom. The van der Waals surface area contributed by atoms with Gasteiger partial charge in [-0.3, -0.25) is 0 Å². The molecule has 0 aliphatic carbocycles. The summed E-state index contributed by atoms with van der Waals surface area (Å²) in [6.45, 7) is 1.92. The SMILES string of the molecule is CCOC(=O)COc1ccc2nc(N)sc2n1. The number of nitrogens with zero attached hydrogens (tertiary/aromatic N) is 2. The number of thiazole rings is 1. The molecule has 2 aromatic rings. The van der Waals surface area contributed by atoms with Crippen molar-refractivity contribution in [2.75, 3.05) is 18.9 Å². The number of esters is 1. The van der Waals surface area contributed by atoms with E-state index in [4.69, 9.17) is 15.2 Å². The maximum Gasteiger partial charge on any atom is 0.344 e. The van der Waals surface area contributed by atoms with E-state index < -0.39 is 5.97 Å². The number of carbonyl (C=O) groups excluding carboxylic acids is 1. The summed E-state index contributed by atoms with van der Waals surface area (Å²) < 4.78 is 9.92. The van der Waals surface area contributed by atoms with E-state index in [1.807, 2.05) is 0 Å². The smallest absolute Gasteiger partial charge is 0.344 e. The lowest BCUT2D eigenvalue weighted by molar-refractivity contribution is -0.145. The van der Waals surface area contributed by atoms with Gasteiger partial charge >= 0.3 is 5.97 Å². The number of aromatic nitrogens is 2. The predicted octanol–water partition coefficient (Wildman–Crippen LogP) is 1.22. The number of rotatable bonds is 4. The molecule has 0 amide bonds. The Morgan fingerprint density at radius 3 is 3.06 bits per heavy atom. The summed E-state index contributed by atoms with van der Waals surface area (Å²) in [6.07, 6.45) is 0. The topological polar surface area (TPSA) is 87.3 Å². The normalized spacial score (nSPS) is 10.4. The van der Waals surface area contributed by atoms with Crippen LogP contribution in [0.25, 0.3) is 10.3 Å². The lowest BCUT2D eigenvalue weighted by Gasteiger charge is -2.04. The summed E-state index contributed by atoms with van der Waals surface area (Å²) in [5.74, 6) is -0.0626. The van der Waals surface area contributed by atoms with E-state index in [2.05, 4.69) is 9.97 Å². The van der Waals surface area contributed by atoms with Crippen LogP contribution in [0.1, 0.15) is 6.92 Å². The zero-order valence-corrected chi connectivity index (χ0v) is 9.99. The molecule has 0 fully saturated rings. The molecule has 2 heterocycles. The molecule has 7 heteroatoms. The van der Waals surface area contributed by atoms with Crippen molar-refractivity contribution in [1.29, 1.82) is 0 Å². The van der Waals surface area contributed by atoms with Gasteiger partial charge in [-0.05, 0) is 13.0 Å². The van der Waals surface area contributed by atoms with Crippen molar-refractivity contribution in [3.05, 3.63) is 12.1 Å². The lowest BCUT2D eigenvalue weighted by Crippen LogP contribution is -2.14. The summed E-state index contributed by atoms with van der Waals surface area (Å²) in [7, 11) is 0. The number of carbonyl (C=O) groups is 1. The summed E-state index contributed by atoms with van der Waals surface area (Å²) in [4.78, 5) is 20.0. The summed E-state index contributed by atoms with van der Waals surface area (Å²) >= 11 is 1.27. The fourth-order valence-electron chi connectivity index (χ4n) is 1.23. The van der Waals surface area contributed by atoms with E-state index in [0.717, 1.165) is 5.52 Å². The van der Waals surface area contributed by atoms with Crippen molar-refractivity contribution in [3.8, 4) is 5.88 Å². The first-order chi connectivity index (χ1) is 8.19. The highest BCUT2D eigenvalue weighted by molar-refractivity contribution is 7.21. The van der Waals surface area contributed by atoms with Gasteiger partial charge in [0.1, 0.15) is 10.3 Å². The first kappa shape index (κ1) is 11.6. The molecule has 0 atom stereocenters. The Kier molecular flexibility index (Phi) is 3.38. The van der Waals surface area contributed by atoms with Crippen LogP contribution in [-0.2, 0) is 9.53 Å². The van der Waals surface area contributed by atoms with Gasteiger partial charge in [-0.1, -0.05) is 11.3 Å². The van der Waals surface area contributed by atoms with Crippen molar-refractivity contribution in [2.45, 2.75) is 6.92 Å². The molecule has 0 saturated carbocycles. The highest BCUT2D eigenvalue weighted by Crippen LogP contribution is 2.23. The lowest BCUT2D eigenvalue weighted by atomic mass is 10.4. The van der Waals surface area contributed by atoms with Gasteiger partial charge in [-0.2, -0.15) is 0 Å². The number of ether oxygens (including phenoxy) is 2. The molecule has 2 aromatic heterocycles. The zero-order chi connectivity index (χ0) is 12.3. The zero-order valence-electron chi connectivity index (χ0n) is 9.17. The highest BCUT2D eigenvalue weighted by atomic mass is 32.1. The van der Waals surface area contributed by atoms with Crippen LogP contribution in [0, 0.1) is 0 Å². The van der Waals surface area contributed by atoms with Crippen molar-refractivity contribution < 1.29 is 14.3 Å². The highest BCUT2D eigenvalue weighted by Gasteiger charge is 2.07. The number of anilines is 1. The number of hydrogen-bond acceptors (Lipinski definition) is 7. The molecule has 0 radical (unpaired) electrons. The minimum Gasteiger partial charge on any atom is -0.466 e.